The van der Waals surface area contributed by atoms with E-state index in [4.69, 9.17) is 28.1 Å². The number of hydrogen-bond donors (Lipinski definition) is 1. The molecule has 1 aromatic rings. The summed E-state index contributed by atoms with van der Waals surface area (Å²) in [6, 6.07) is -1.29. The lowest BCUT2D eigenvalue weighted by Crippen LogP contribution is -2.53. The molecule has 0 fully saturated rings. The molecular formula is C19H23NO11S. The van der Waals surface area contributed by atoms with E-state index in [2.05, 4.69) is 16.3 Å². The van der Waals surface area contributed by atoms with E-state index in [1.165, 1.54) is 20.8 Å². The first kappa shape index (κ1) is 24.9. The molecule has 2 rings (SSSR count). The Labute approximate surface area is 186 Å². The molecule has 0 radical (unpaired) electrons. The van der Waals surface area contributed by atoms with Gasteiger partial charge in [-0.15, -0.1) is 0 Å². The van der Waals surface area contributed by atoms with E-state index in [1.54, 1.807) is 6.92 Å². The molecule has 1 aliphatic heterocycles. The van der Waals surface area contributed by atoms with Crippen LogP contribution >= 0.6 is 11.8 Å². The van der Waals surface area contributed by atoms with Crippen molar-refractivity contribution in [1.29, 1.82) is 0 Å². The molecule has 0 saturated heterocycles. The van der Waals surface area contributed by atoms with Crippen LogP contribution in [0.4, 0.5) is 9.59 Å². The van der Waals surface area contributed by atoms with Crippen molar-refractivity contribution in [1.82, 2.24) is 5.32 Å². The fourth-order valence-corrected chi connectivity index (χ4v) is 3.27. The molecule has 32 heavy (non-hydrogen) atoms. The van der Waals surface area contributed by atoms with Crippen LogP contribution in [0, 0.1) is 6.92 Å². The van der Waals surface area contributed by atoms with Gasteiger partial charge in [0.05, 0.1) is 11.9 Å². The molecule has 0 unspecified atom stereocenters. The van der Waals surface area contributed by atoms with E-state index in [1.807, 2.05) is 0 Å². The summed E-state index contributed by atoms with van der Waals surface area (Å²) in [5.74, 6) is -0.823. The van der Waals surface area contributed by atoms with Crippen molar-refractivity contribution in [2.24, 2.45) is 0 Å². The van der Waals surface area contributed by atoms with Gasteiger partial charge in [-0.1, -0.05) is 0 Å². The van der Waals surface area contributed by atoms with Gasteiger partial charge in [0.2, 0.25) is 0 Å². The maximum Gasteiger partial charge on any atom is 0.519 e. The van der Waals surface area contributed by atoms with Crippen molar-refractivity contribution in [3.05, 3.63) is 46.2 Å². The lowest BCUT2D eigenvalue weighted by Gasteiger charge is -2.30. The van der Waals surface area contributed by atoms with E-state index in [9.17, 15) is 19.2 Å². The molecule has 1 atom stereocenters. The fourth-order valence-electron chi connectivity index (χ4n) is 2.45. The average Bonchev–Trinajstić information content (AvgIpc) is 3.20. The zero-order valence-electron chi connectivity index (χ0n) is 18.1. The number of rotatable bonds is 8. The highest BCUT2D eigenvalue weighted by Crippen LogP contribution is 2.32. The number of methoxy groups -OCH3 is 1. The highest BCUT2D eigenvalue weighted by Gasteiger charge is 2.41. The monoisotopic (exact) mass is 473 g/mol. The second-order valence-electron chi connectivity index (χ2n) is 6.91. The predicted octanol–water partition coefficient (Wildman–Crippen LogP) is 2.71. The summed E-state index contributed by atoms with van der Waals surface area (Å²) in [7, 11) is 1.13. The van der Waals surface area contributed by atoms with Crippen LogP contribution in [0.1, 0.15) is 32.3 Å². The van der Waals surface area contributed by atoms with Gasteiger partial charge in [0.25, 0.3) is 5.95 Å². The van der Waals surface area contributed by atoms with Crippen molar-refractivity contribution in [2.75, 3.05) is 13.7 Å². The van der Waals surface area contributed by atoms with Gasteiger partial charge in [-0.05, 0) is 46.0 Å². The van der Waals surface area contributed by atoms with Gasteiger partial charge in [0.1, 0.15) is 11.8 Å². The zero-order valence-corrected chi connectivity index (χ0v) is 18.9. The minimum absolute atomic E-state index is 0.0161. The first-order chi connectivity index (χ1) is 14.9. The quantitative estimate of drug-likeness (QED) is 0.436. The smallest absolute Gasteiger partial charge is 0.467 e. The third-order valence-electron chi connectivity index (χ3n) is 4.13. The molecule has 12 nitrogen and oxygen atoms in total. The Morgan fingerprint density at radius 2 is 1.81 bits per heavy atom. The summed E-state index contributed by atoms with van der Waals surface area (Å²) in [6.07, 6.45) is -1.01. The summed E-state index contributed by atoms with van der Waals surface area (Å²) in [6.45, 7) is 9.02. The van der Waals surface area contributed by atoms with Crippen molar-refractivity contribution in [2.45, 2.75) is 45.1 Å². The fraction of sp³-hybridized carbons (Fsp3) is 0.474. The minimum Gasteiger partial charge on any atom is -0.467 e. The topological polar surface area (TPSA) is 153 Å². The highest BCUT2D eigenvalue weighted by atomic mass is 32.2. The van der Waals surface area contributed by atoms with Crippen LogP contribution in [0.25, 0.3) is 0 Å². The molecular weight excluding hydrogens is 450 g/mol. The maximum absolute atomic E-state index is 12.3. The Kier molecular flexibility index (Phi) is 8.02. The van der Waals surface area contributed by atoms with E-state index < -0.39 is 40.6 Å². The van der Waals surface area contributed by atoms with Crippen molar-refractivity contribution >= 4 is 29.1 Å². The van der Waals surface area contributed by atoms with E-state index in [-0.39, 0.29) is 29.8 Å². The van der Waals surface area contributed by atoms with Gasteiger partial charge in [0, 0.05) is 0 Å². The average molecular weight is 473 g/mol. The molecule has 0 bridgehead atoms. The van der Waals surface area contributed by atoms with Crippen LogP contribution in [-0.2, 0) is 35.1 Å². The zero-order chi connectivity index (χ0) is 24.1. The molecule has 1 aromatic heterocycles. The van der Waals surface area contributed by atoms with Gasteiger partial charge in [0.15, 0.2) is 30.5 Å². The molecule has 176 valence electrons. The largest absolute Gasteiger partial charge is 0.519 e. The summed E-state index contributed by atoms with van der Waals surface area (Å²) in [4.78, 5) is 47.8. The second kappa shape index (κ2) is 10.3. The molecule has 2 heterocycles. The highest BCUT2D eigenvalue weighted by molar-refractivity contribution is 8.14. The first-order valence-corrected chi connectivity index (χ1v) is 9.95. The van der Waals surface area contributed by atoms with Gasteiger partial charge in [-0.2, -0.15) is 0 Å². The third-order valence-corrected chi connectivity index (χ3v) is 5.17. The van der Waals surface area contributed by atoms with Gasteiger partial charge >= 0.3 is 23.2 Å². The van der Waals surface area contributed by atoms with Crippen LogP contribution in [0.3, 0.4) is 0 Å². The molecule has 1 amide bonds. The van der Waals surface area contributed by atoms with Crippen LogP contribution in [-0.4, -0.2) is 41.9 Å². The maximum atomic E-state index is 12.3. The number of nitrogens with one attached hydrogen (secondary N) is 1. The van der Waals surface area contributed by atoms with E-state index in [0.29, 0.717) is 17.5 Å². The molecule has 1 N–H and O–H groups in total. The summed E-state index contributed by atoms with van der Waals surface area (Å²) in [5.41, 5.74) is 0. The number of carbonyl (C=O) groups excluding carboxylic acids is 3. The minimum atomic E-state index is -1.29. The SMILES string of the molecule is C=C1OC(C)=C(COC(=O)SC(C)(C)[C@@H](NC(=O)OCc2oc(=O)oc2C)C(=O)OC)O1. The van der Waals surface area contributed by atoms with Crippen LogP contribution in [0.15, 0.2) is 37.7 Å². The Morgan fingerprint density at radius 1 is 1.12 bits per heavy atom. The van der Waals surface area contributed by atoms with Crippen LogP contribution in [0.5, 0.6) is 0 Å². The van der Waals surface area contributed by atoms with Gasteiger partial charge < -0.3 is 37.8 Å². The van der Waals surface area contributed by atoms with Crippen LogP contribution in [0.2, 0.25) is 0 Å². The van der Waals surface area contributed by atoms with Gasteiger partial charge in [-0.3, -0.25) is 0 Å². The Morgan fingerprint density at radius 3 is 2.34 bits per heavy atom. The summed E-state index contributed by atoms with van der Waals surface area (Å²) < 4.78 is 33.3. The lowest BCUT2D eigenvalue weighted by atomic mass is 10.0. The Balaban J connectivity index is 1.97. The number of allylic oxidation sites excluding steroid dienone is 1. The summed E-state index contributed by atoms with van der Waals surface area (Å²) >= 11 is 0.653. The number of hydrogen-bond acceptors (Lipinski definition) is 12. The van der Waals surface area contributed by atoms with Crippen molar-refractivity contribution in [3.63, 3.8) is 0 Å². The molecule has 0 spiro atoms. The molecule has 1 aliphatic rings. The normalized spacial score (nSPS) is 14.3. The Hall–Kier alpha value is -3.35. The number of carbonyl (C=O) groups is 3. The van der Waals surface area contributed by atoms with Crippen molar-refractivity contribution in [3.8, 4) is 0 Å². The molecule has 13 heteroatoms. The number of esters is 1. The van der Waals surface area contributed by atoms with Crippen molar-refractivity contribution < 1.29 is 46.9 Å². The van der Waals surface area contributed by atoms with Crippen LogP contribution < -0.4 is 11.1 Å². The predicted molar refractivity (Wildman–Crippen MR) is 108 cm³/mol. The molecule has 0 aliphatic carbocycles. The number of aryl methyl sites for hydroxylation is 1. The number of amides is 1. The summed E-state index contributed by atoms with van der Waals surface area (Å²) in [5, 5.41) is 1.60. The molecule has 0 saturated carbocycles. The standard InChI is InChI=1S/C19H23NO11S/c1-9-12(30-11(3)28-9)8-27-18(24)32-19(4,5)14(15(21)25-6)20-16(22)26-7-13-10(2)29-17(23)31-13/h14H,3,7-8H2,1-2,4-6H3,(H,20,22)/t14-/m0/s1. The van der Waals surface area contributed by atoms with E-state index in [0.717, 1.165) is 7.11 Å². The number of alkyl carbamates (subject to hydrolysis) is 1. The van der Waals surface area contributed by atoms with Gasteiger partial charge in [-0.25, -0.2) is 19.2 Å². The Bertz CT molecular complexity index is 988. The lowest BCUT2D eigenvalue weighted by molar-refractivity contribution is -0.143. The second-order valence-corrected chi connectivity index (χ2v) is 8.50. The number of thioether (sulfide) groups is 1. The van der Waals surface area contributed by atoms with E-state index >= 15 is 0 Å². The third kappa shape index (κ3) is 6.57. The first-order valence-electron chi connectivity index (χ1n) is 9.13. The number of ether oxygens (including phenoxy) is 5. The molecule has 0 aromatic carbocycles.